The summed E-state index contributed by atoms with van der Waals surface area (Å²) in [6.45, 7) is 1.83. The van der Waals surface area contributed by atoms with Crippen molar-refractivity contribution < 1.29 is 9.18 Å². The first kappa shape index (κ1) is 11.9. The third-order valence-corrected chi connectivity index (χ3v) is 2.80. The van der Waals surface area contributed by atoms with E-state index in [2.05, 4.69) is 20.9 Å². The van der Waals surface area contributed by atoms with Crippen LogP contribution < -0.4 is 0 Å². The molecule has 0 radical (unpaired) electrons. The second kappa shape index (κ2) is 4.75. The summed E-state index contributed by atoms with van der Waals surface area (Å²) in [5.74, 6) is -0.889. The summed E-state index contributed by atoms with van der Waals surface area (Å²) in [5, 5.41) is 0. The number of halogens is 2. The molecule has 4 heteroatoms. The molecule has 1 heterocycles. The van der Waals surface area contributed by atoms with Gasteiger partial charge in [-0.05, 0) is 36.8 Å². The van der Waals surface area contributed by atoms with E-state index in [9.17, 15) is 9.18 Å². The smallest absolute Gasteiger partial charge is 0.197 e. The molecule has 1 aromatic heterocycles. The van der Waals surface area contributed by atoms with Gasteiger partial charge in [-0.1, -0.05) is 15.9 Å². The maximum absolute atomic E-state index is 13.5. The highest BCUT2D eigenvalue weighted by atomic mass is 79.9. The van der Waals surface area contributed by atoms with Crippen LogP contribution in [0.5, 0.6) is 0 Å². The SMILES string of the molecule is Cc1cncc(C(=O)c2cc(Br)ccc2F)c1. The number of benzene rings is 1. The molecule has 0 aliphatic rings. The summed E-state index contributed by atoms with van der Waals surface area (Å²) >= 11 is 3.22. The molecular formula is C13H9BrFNO. The lowest BCUT2D eigenvalue weighted by Gasteiger charge is -2.03. The summed E-state index contributed by atoms with van der Waals surface area (Å²) in [5.41, 5.74) is 1.31. The number of hydrogen-bond acceptors (Lipinski definition) is 2. The normalized spacial score (nSPS) is 10.3. The molecule has 0 aliphatic carbocycles. The predicted octanol–water partition coefficient (Wildman–Crippen LogP) is 3.52. The van der Waals surface area contributed by atoms with E-state index in [1.165, 1.54) is 18.3 Å². The Morgan fingerprint density at radius 3 is 2.76 bits per heavy atom. The van der Waals surface area contributed by atoms with Crippen LogP contribution in [-0.2, 0) is 0 Å². The average Bonchev–Trinajstić information content (AvgIpc) is 2.31. The fraction of sp³-hybridized carbons (Fsp3) is 0.0769. The van der Waals surface area contributed by atoms with Crippen molar-refractivity contribution in [2.24, 2.45) is 0 Å². The number of aryl methyl sites for hydroxylation is 1. The Kier molecular flexibility index (Phi) is 3.33. The van der Waals surface area contributed by atoms with Crippen molar-refractivity contribution in [1.82, 2.24) is 4.98 Å². The van der Waals surface area contributed by atoms with Crippen LogP contribution >= 0.6 is 15.9 Å². The van der Waals surface area contributed by atoms with Crippen LogP contribution in [-0.4, -0.2) is 10.8 Å². The lowest BCUT2D eigenvalue weighted by Crippen LogP contribution is -2.05. The molecule has 0 aliphatic heterocycles. The summed E-state index contributed by atoms with van der Waals surface area (Å²) in [6, 6.07) is 5.98. The van der Waals surface area contributed by atoms with Gasteiger partial charge in [-0.25, -0.2) is 4.39 Å². The molecule has 1 aromatic carbocycles. The van der Waals surface area contributed by atoms with Gasteiger partial charge in [-0.15, -0.1) is 0 Å². The van der Waals surface area contributed by atoms with Crippen LogP contribution in [0.2, 0.25) is 0 Å². The molecule has 2 rings (SSSR count). The van der Waals surface area contributed by atoms with E-state index in [0.29, 0.717) is 10.0 Å². The zero-order chi connectivity index (χ0) is 12.4. The molecule has 2 nitrogen and oxygen atoms in total. The van der Waals surface area contributed by atoms with Crippen LogP contribution in [0, 0.1) is 12.7 Å². The molecule has 0 amide bonds. The first-order valence-electron chi connectivity index (χ1n) is 4.99. The van der Waals surface area contributed by atoms with Crippen LogP contribution in [0.25, 0.3) is 0 Å². The lowest BCUT2D eigenvalue weighted by molar-refractivity contribution is 0.103. The Morgan fingerprint density at radius 1 is 1.29 bits per heavy atom. The number of ketones is 1. The maximum Gasteiger partial charge on any atom is 0.197 e. The van der Waals surface area contributed by atoms with Crippen LogP contribution in [0.4, 0.5) is 4.39 Å². The second-order valence-corrected chi connectivity index (χ2v) is 4.62. The number of rotatable bonds is 2. The first-order chi connectivity index (χ1) is 8.08. The first-order valence-corrected chi connectivity index (χ1v) is 5.78. The zero-order valence-corrected chi connectivity index (χ0v) is 10.7. The molecule has 0 fully saturated rings. The number of aromatic nitrogens is 1. The number of hydrogen-bond donors (Lipinski definition) is 0. The lowest BCUT2D eigenvalue weighted by atomic mass is 10.0. The minimum Gasteiger partial charge on any atom is -0.288 e. The minimum atomic E-state index is -0.528. The Balaban J connectivity index is 2.47. The van der Waals surface area contributed by atoms with E-state index in [1.54, 1.807) is 18.3 Å². The molecule has 0 bridgehead atoms. The van der Waals surface area contributed by atoms with Crippen LogP contribution in [0.1, 0.15) is 21.5 Å². The number of carbonyl (C=O) groups is 1. The largest absolute Gasteiger partial charge is 0.288 e. The van der Waals surface area contributed by atoms with Gasteiger partial charge in [-0.2, -0.15) is 0 Å². The quantitative estimate of drug-likeness (QED) is 0.793. The molecule has 0 atom stereocenters. The van der Waals surface area contributed by atoms with Gasteiger partial charge in [0.1, 0.15) is 5.82 Å². The Labute approximate surface area is 107 Å². The van der Waals surface area contributed by atoms with Crippen molar-refractivity contribution in [1.29, 1.82) is 0 Å². The standard InChI is InChI=1S/C13H9BrFNO/c1-8-4-9(7-16-6-8)13(17)11-5-10(14)2-3-12(11)15/h2-7H,1H3. The molecule has 2 aromatic rings. The highest BCUT2D eigenvalue weighted by Gasteiger charge is 2.14. The number of carbonyl (C=O) groups excluding carboxylic acids is 1. The average molecular weight is 294 g/mol. The molecule has 0 unspecified atom stereocenters. The van der Waals surface area contributed by atoms with E-state index in [1.807, 2.05) is 6.92 Å². The van der Waals surface area contributed by atoms with Crippen molar-refractivity contribution >= 4 is 21.7 Å². The topological polar surface area (TPSA) is 30.0 Å². The van der Waals surface area contributed by atoms with Gasteiger partial charge in [0, 0.05) is 22.4 Å². The molecule has 0 saturated carbocycles. The summed E-state index contributed by atoms with van der Waals surface area (Å²) < 4.78 is 14.2. The van der Waals surface area contributed by atoms with Gasteiger partial charge < -0.3 is 0 Å². The van der Waals surface area contributed by atoms with Gasteiger partial charge >= 0.3 is 0 Å². The van der Waals surface area contributed by atoms with Crippen molar-refractivity contribution in [2.75, 3.05) is 0 Å². The van der Waals surface area contributed by atoms with Crippen molar-refractivity contribution in [3.63, 3.8) is 0 Å². The molecule has 0 N–H and O–H groups in total. The Bertz CT molecular complexity index is 583. The van der Waals surface area contributed by atoms with Gasteiger partial charge in [0.15, 0.2) is 5.78 Å². The number of pyridine rings is 1. The third kappa shape index (κ3) is 2.58. The molecular weight excluding hydrogens is 285 g/mol. The van der Waals surface area contributed by atoms with Gasteiger partial charge in [0.05, 0.1) is 5.56 Å². The van der Waals surface area contributed by atoms with Gasteiger partial charge in [-0.3, -0.25) is 9.78 Å². The van der Waals surface area contributed by atoms with Crippen molar-refractivity contribution in [3.05, 3.63) is 63.6 Å². The Morgan fingerprint density at radius 2 is 2.06 bits per heavy atom. The van der Waals surface area contributed by atoms with Crippen LogP contribution in [0.15, 0.2) is 41.1 Å². The van der Waals surface area contributed by atoms with E-state index >= 15 is 0 Å². The summed E-state index contributed by atoms with van der Waals surface area (Å²) in [6.07, 6.45) is 3.09. The summed E-state index contributed by atoms with van der Waals surface area (Å²) in [4.78, 5) is 16.0. The van der Waals surface area contributed by atoms with Crippen molar-refractivity contribution in [3.8, 4) is 0 Å². The van der Waals surface area contributed by atoms with E-state index in [4.69, 9.17) is 0 Å². The highest BCUT2D eigenvalue weighted by Crippen LogP contribution is 2.18. The molecule has 0 spiro atoms. The summed E-state index contributed by atoms with van der Waals surface area (Å²) in [7, 11) is 0. The maximum atomic E-state index is 13.5. The van der Waals surface area contributed by atoms with Crippen LogP contribution in [0.3, 0.4) is 0 Å². The van der Waals surface area contributed by atoms with Gasteiger partial charge in [0.2, 0.25) is 0 Å². The Hall–Kier alpha value is -1.55. The second-order valence-electron chi connectivity index (χ2n) is 3.70. The monoisotopic (exact) mass is 293 g/mol. The fourth-order valence-electron chi connectivity index (χ4n) is 1.51. The van der Waals surface area contributed by atoms with Crippen molar-refractivity contribution in [2.45, 2.75) is 6.92 Å². The minimum absolute atomic E-state index is 0.0479. The third-order valence-electron chi connectivity index (χ3n) is 2.31. The zero-order valence-electron chi connectivity index (χ0n) is 9.08. The highest BCUT2D eigenvalue weighted by molar-refractivity contribution is 9.10. The molecule has 17 heavy (non-hydrogen) atoms. The molecule has 0 saturated heterocycles. The van der Waals surface area contributed by atoms with E-state index in [0.717, 1.165) is 5.56 Å². The van der Waals surface area contributed by atoms with E-state index in [-0.39, 0.29) is 11.3 Å². The molecule has 86 valence electrons. The van der Waals surface area contributed by atoms with E-state index < -0.39 is 5.82 Å². The number of nitrogens with zero attached hydrogens (tertiary/aromatic N) is 1. The fourth-order valence-corrected chi connectivity index (χ4v) is 1.87. The predicted molar refractivity (Wildman–Crippen MR) is 66.5 cm³/mol. The van der Waals surface area contributed by atoms with Gasteiger partial charge in [0.25, 0.3) is 0 Å².